The van der Waals surface area contributed by atoms with E-state index in [2.05, 4.69) is 16.6 Å². The van der Waals surface area contributed by atoms with Crippen LogP contribution in [0.15, 0.2) is 12.3 Å². The highest BCUT2D eigenvalue weighted by molar-refractivity contribution is 6.31. The van der Waals surface area contributed by atoms with E-state index in [1.165, 1.54) is 19.3 Å². The van der Waals surface area contributed by atoms with Crippen molar-refractivity contribution in [1.82, 2.24) is 10.2 Å². The van der Waals surface area contributed by atoms with Gasteiger partial charge in [-0.15, -0.1) is 0 Å². The molecule has 0 aliphatic heterocycles. The van der Waals surface area contributed by atoms with Gasteiger partial charge in [0.25, 0.3) is 0 Å². The molecule has 2 nitrogen and oxygen atoms in total. The second kappa shape index (κ2) is 4.05. The highest BCUT2D eigenvalue weighted by atomic mass is 35.5. The topological polar surface area (TPSA) is 25.8 Å². The van der Waals surface area contributed by atoms with Crippen LogP contribution in [0.2, 0.25) is 5.02 Å². The normalized spacial score (nSPS) is 18.8. The summed E-state index contributed by atoms with van der Waals surface area (Å²) in [4.78, 5) is 0. The van der Waals surface area contributed by atoms with Crippen molar-refractivity contribution in [3.63, 3.8) is 0 Å². The van der Waals surface area contributed by atoms with Crippen LogP contribution in [0.3, 0.4) is 0 Å². The highest BCUT2D eigenvalue weighted by Gasteiger charge is 2.19. The summed E-state index contributed by atoms with van der Waals surface area (Å²) in [6, 6.07) is 1.82. The Labute approximate surface area is 83.3 Å². The molecule has 1 aliphatic rings. The van der Waals surface area contributed by atoms with Crippen molar-refractivity contribution >= 4 is 11.6 Å². The molecule has 1 radical (unpaired) electrons. The molecule has 1 aromatic rings. The lowest BCUT2D eigenvalue weighted by molar-refractivity contribution is 0.503. The van der Waals surface area contributed by atoms with Gasteiger partial charge in [-0.2, -0.15) is 10.2 Å². The van der Waals surface area contributed by atoms with Gasteiger partial charge in [0.2, 0.25) is 0 Å². The van der Waals surface area contributed by atoms with Crippen LogP contribution in [0, 0.1) is 6.42 Å². The zero-order valence-corrected chi connectivity index (χ0v) is 8.17. The van der Waals surface area contributed by atoms with E-state index in [9.17, 15) is 0 Å². The molecule has 13 heavy (non-hydrogen) atoms. The Kier molecular flexibility index (Phi) is 2.79. The lowest BCUT2D eigenvalue weighted by Gasteiger charge is -2.20. The van der Waals surface area contributed by atoms with Crippen molar-refractivity contribution < 1.29 is 0 Å². The third-order valence-corrected chi connectivity index (χ3v) is 2.82. The first kappa shape index (κ1) is 8.95. The number of aromatic nitrogens is 2. The van der Waals surface area contributed by atoms with Crippen molar-refractivity contribution in [1.29, 1.82) is 0 Å². The van der Waals surface area contributed by atoms with Crippen LogP contribution < -0.4 is 0 Å². The third kappa shape index (κ3) is 1.99. The SMILES string of the molecule is Clc1ccnnc1C1C[CH]CCC1. The fraction of sp³-hybridized carbons (Fsp3) is 0.500. The Balaban J connectivity index is 2.18. The molecule has 1 fully saturated rings. The molecule has 1 unspecified atom stereocenters. The van der Waals surface area contributed by atoms with Crippen LogP contribution in [-0.4, -0.2) is 10.2 Å². The second-order valence-electron chi connectivity index (χ2n) is 3.42. The molecule has 1 aliphatic carbocycles. The summed E-state index contributed by atoms with van der Waals surface area (Å²) in [6.07, 6.45) is 8.72. The molecule has 2 rings (SSSR count). The van der Waals surface area contributed by atoms with E-state index in [0.29, 0.717) is 5.92 Å². The minimum absolute atomic E-state index is 0.495. The zero-order chi connectivity index (χ0) is 9.10. The Morgan fingerprint density at radius 3 is 3.08 bits per heavy atom. The van der Waals surface area contributed by atoms with E-state index < -0.39 is 0 Å². The number of nitrogens with zero attached hydrogens (tertiary/aromatic N) is 2. The summed E-state index contributed by atoms with van der Waals surface area (Å²) < 4.78 is 0. The molecule has 0 bridgehead atoms. The maximum Gasteiger partial charge on any atom is 0.0847 e. The molecular formula is C10H12ClN2. The Hall–Kier alpha value is -0.630. The van der Waals surface area contributed by atoms with Crippen LogP contribution in [0.1, 0.15) is 37.3 Å². The maximum atomic E-state index is 6.04. The number of rotatable bonds is 1. The number of hydrogen-bond donors (Lipinski definition) is 0. The first-order valence-electron chi connectivity index (χ1n) is 4.66. The van der Waals surface area contributed by atoms with Crippen LogP contribution in [-0.2, 0) is 0 Å². The average molecular weight is 196 g/mol. The van der Waals surface area contributed by atoms with Gasteiger partial charge >= 0.3 is 0 Å². The molecule has 0 spiro atoms. The standard InChI is InChI=1S/C10H12ClN2/c11-9-6-7-12-13-10(9)8-4-2-1-3-5-8/h2,6-8H,1,3-5H2. The molecule has 69 valence electrons. The van der Waals surface area contributed by atoms with E-state index in [1.54, 1.807) is 6.20 Å². The highest BCUT2D eigenvalue weighted by Crippen LogP contribution is 2.33. The van der Waals surface area contributed by atoms with E-state index in [-0.39, 0.29) is 0 Å². The molecule has 1 aromatic heterocycles. The van der Waals surface area contributed by atoms with Gasteiger partial charge in [-0.3, -0.25) is 0 Å². The molecule has 0 amide bonds. The van der Waals surface area contributed by atoms with Gasteiger partial charge in [-0.1, -0.05) is 24.4 Å². The van der Waals surface area contributed by atoms with E-state index in [0.717, 1.165) is 17.1 Å². The van der Waals surface area contributed by atoms with Crippen LogP contribution in [0.5, 0.6) is 0 Å². The van der Waals surface area contributed by atoms with E-state index >= 15 is 0 Å². The zero-order valence-electron chi connectivity index (χ0n) is 7.41. The molecule has 0 aromatic carbocycles. The smallest absolute Gasteiger partial charge is 0.0847 e. The van der Waals surface area contributed by atoms with Gasteiger partial charge in [0.15, 0.2) is 0 Å². The minimum Gasteiger partial charge on any atom is -0.159 e. The molecule has 1 saturated carbocycles. The fourth-order valence-electron chi connectivity index (χ4n) is 1.80. The van der Waals surface area contributed by atoms with Crippen LogP contribution >= 0.6 is 11.6 Å². The van der Waals surface area contributed by atoms with Crippen molar-refractivity contribution in [2.24, 2.45) is 0 Å². The van der Waals surface area contributed by atoms with Gasteiger partial charge in [0.1, 0.15) is 0 Å². The summed E-state index contributed by atoms with van der Waals surface area (Å²) in [5, 5.41) is 8.73. The van der Waals surface area contributed by atoms with Crippen molar-refractivity contribution in [3.05, 3.63) is 29.4 Å². The van der Waals surface area contributed by atoms with Gasteiger partial charge in [0, 0.05) is 5.92 Å². The summed E-state index contributed by atoms with van der Waals surface area (Å²) in [6.45, 7) is 0. The van der Waals surface area contributed by atoms with Gasteiger partial charge in [-0.25, -0.2) is 0 Å². The Morgan fingerprint density at radius 1 is 1.46 bits per heavy atom. The lowest BCUT2D eigenvalue weighted by Crippen LogP contribution is -2.08. The summed E-state index contributed by atoms with van der Waals surface area (Å²) in [5.41, 5.74) is 0.972. The monoisotopic (exact) mass is 195 g/mol. The molecule has 1 heterocycles. The number of hydrogen-bond acceptors (Lipinski definition) is 2. The van der Waals surface area contributed by atoms with Gasteiger partial charge < -0.3 is 0 Å². The van der Waals surface area contributed by atoms with Crippen LogP contribution in [0.4, 0.5) is 0 Å². The molecule has 1 atom stereocenters. The van der Waals surface area contributed by atoms with Gasteiger partial charge in [0.05, 0.1) is 16.9 Å². The Morgan fingerprint density at radius 2 is 2.38 bits per heavy atom. The third-order valence-electron chi connectivity index (χ3n) is 2.50. The summed E-state index contributed by atoms with van der Waals surface area (Å²) >= 11 is 6.04. The quantitative estimate of drug-likeness (QED) is 0.689. The maximum absolute atomic E-state index is 6.04. The van der Waals surface area contributed by atoms with Crippen molar-refractivity contribution in [2.45, 2.75) is 31.6 Å². The van der Waals surface area contributed by atoms with Crippen LogP contribution in [0.25, 0.3) is 0 Å². The van der Waals surface area contributed by atoms with E-state index in [1.807, 2.05) is 6.07 Å². The lowest BCUT2D eigenvalue weighted by atomic mass is 9.87. The molecule has 0 N–H and O–H groups in total. The van der Waals surface area contributed by atoms with Gasteiger partial charge in [-0.05, 0) is 25.3 Å². The molecular weight excluding hydrogens is 184 g/mol. The summed E-state index contributed by atoms with van der Waals surface area (Å²) in [5.74, 6) is 0.495. The predicted molar refractivity (Wildman–Crippen MR) is 52.6 cm³/mol. The van der Waals surface area contributed by atoms with Crippen molar-refractivity contribution in [3.8, 4) is 0 Å². The minimum atomic E-state index is 0.495. The first-order chi connectivity index (χ1) is 6.38. The first-order valence-corrected chi connectivity index (χ1v) is 5.04. The molecule has 3 heteroatoms. The largest absolute Gasteiger partial charge is 0.159 e. The van der Waals surface area contributed by atoms with E-state index in [4.69, 9.17) is 11.6 Å². The van der Waals surface area contributed by atoms with Crippen molar-refractivity contribution in [2.75, 3.05) is 0 Å². The second-order valence-corrected chi connectivity index (χ2v) is 3.82. The average Bonchev–Trinajstić information content (AvgIpc) is 2.20. The summed E-state index contributed by atoms with van der Waals surface area (Å²) in [7, 11) is 0. The Bertz CT molecular complexity index is 282. The molecule has 0 saturated heterocycles. The number of halogens is 1. The predicted octanol–water partition coefficient (Wildman–Crippen LogP) is 2.99. The fourth-order valence-corrected chi connectivity index (χ4v) is 2.05.